The van der Waals surface area contributed by atoms with Crippen LogP contribution in [0.2, 0.25) is 20.1 Å². The smallest absolute Gasteiger partial charge is 0.0796 e. The molecule has 0 nitrogen and oxygen atoms in total. The first kappa shape index (κ1) is 13.8. The van der Waals surface area contributed by atoms with Crippen LogP contribution in [0.15, 0.2) is 0 Å². The van der Waals surface area contributed by atoms with Gasteiger partial charge in [0, 0.05) is 0 Å². The Hall–Kier alpha value is 0.380. The summed E-state index contributed by atoms with van der Waals surface area (Å²) in [6.07, 6.45) is 6.87. The van der Waals surface area contributed by atoms with Crippen LogP contribution in [-0.4, -0.2) is 0 Å². The van der Waals surface area contributed by atoms with Crippen molar-refractivity contribution in [2.24, 2.45) is 23.7 Å². The Balaban J connectivity index is 1.74. The Morgan fingerprint density at radius 3 is 1.33 bits per heavy atom. The van der Waals surface area contributed by atoms with Gasteiger partial charge in [-0.3, -0.25) is 0 Å². The molecule has 0 aromatic heterocycles. The van der Waals surface area contributed by atoms with Crippen LogP contribution in [0.4, 0.5) is 0 Å². The lowest BCUT2D eigenvalue weighted by atomic mass is 9.54. The molecule has 0 amide bonds. The van der Waals surface area contributed by atoms with Crippen molar-refractivity contribution in [2.75, 3.05) is 0 Å². The summed E-state index contributed by atoms with van der Waals surface area (Å²) < 4.78 is 0. The van der Waals surface area contributed by atoms with Crippen LogP contribution in [0.3, 0.4) is 0 Å². The lowest BCUT2D eigenvalue weighted by Gasteiger charge is -2.51. The quantitative estimate of drug-likeness (QED) is 0.347. The molecular weight excluding hydrogens is 346 g/mol. The highest BCUT2D eigenvalue weighted by Gasteiger charge is 2.60. The minimum Gasteiger partial charge on any atom is -0.0823 e. The maximum absolute atomic E-state index is 6.57. The SMILES string of the molecule is Clc1c(Cl)c(Cl)c2c(c1Cl)[C@H]1C[C@@H]2C2C3CCC(CC3)C21. The maximum atomic E-state index is 6.57. The third-order valence-electron chi connectivity index (χ3n) is 6.87. The van der Waals surface area contributed by atoms with Crippen molar-refractivity contribution in [1.82, 2.24) is 0 Å². The van der Waals surface area contributed by atoms with Gasteiger partial charge in [0.1, 0.15) is 0 Å². The van der Waals surface area contributed by atoms with E-state index in [-0.39, 0.29) is 0 Å². The standard InChI is InChI=1S/C17H16Cl4/c18-14-12-8-5-9(13(12)15(19)17(21)16(14)20)11-7-2-1-6(3-4-7)10(8)11/h6-11H,1-5H2/t6?,7?,8-,9+,10?,11?. The van der Waals surface area contributed by atoms with Gasteiger partial charge < -0.3 is 0 Å². The second-order valence-electron chi connectivity index (χ2n) is 7.36. The molecule has 1 aromatic carbocycles. The zero-order chi connectivity index (χ0) is 14.5. The van der Waals surface area contributed by atoms with Crippen molar-refractivity contribution in [3.8, 4) is 0 Å². The number of halogens is 4. The first-order valence-corrected chi connectivity index (χ1v) is 9.46. The predicted molar refractivity (Wildman–Crippen MR) is 89.0 cm³/mol. The minimum atomic E-state index is 0.451. The Morgan fingerprint density at radius 2 is 0.952 bits per heavy atom. The van der Waals surface area contributed by atoms with Gasteiger partial charge in [-0.25, -0.2) is 0 Å². The Bertz CT molecular complexity index is 590. The molecule has 0 radical (unpaired) electrons. The molecule has 2 unspecified atom stereocenters. The zero-order valence-electron chi connectivity index (χ0n) is 11.5. The van der Waals surface area contributed by atoms with Crippen molar-refractivity contribution in [3.63, 3.8) is 0 Å². The molecule has 0 N–H and O–H groups in total. The Morgan fingerprint density at radius 1 is 0.571 bits per heavy atom. The van der Waals surface area contributed by atoms with Crippen molar-refractivity contribution in [2.45, 2.75) is 43.9 Å². The molecule has 5 aliphatic carbocycles. The average Bonchev–Trinajstić information content (AvgIpc) is 3.10. The summed E-state index contributed by atoms with van der Waals surface area (Å²) in [6.45, 7) is 0. The number of hydrogen-bond acceptors (Lipinski definition) is 0. The fourth-order valence-electron chi connectivity index (χ4n) is 6.34. The summed E-state index contributed by atoms with van der Waals surface area (Å²) >= 11 is 25.8. The second kappa shape index (κ2) is 4.47. The molecule has 1 aromatic rings. The Kier molecular flexibility index (Phi) is 2.93. The average molecular weight is 362 g/mol. The van der Waals surface area contributed by atoms with Gasteiger partial charge >= 0.3 is 0 Å². The molecule has 4 saturated carbocycles. The third kappa shape index (κ3) is 1.56. The third-order valence-corrected chi connectivity index (χ3v) is 8.70. The topological polar surface area (TPSA) is 0 Å². The Labute approximate surface area is 145 Å². The summed E-state index contributed by atoms with van der Waals surface area (Å²) in [5.74, 6) is 4.58. The number of hydrogen-bond donors (Lipinski definition) is 0. The number of benzene rings is 1. The van der Waals surface area contributed by atoms with Gasteiger partial charge in [-0.2, -0.15) is 0 Å². The normalized spacial score (nSPS) is 42.3. The van der Waals surface area contributed by atoms with Gasteiger partial charge in [-0.1, -0.05) is 46.4 Å². The van der Waals surface area contributed by atoms with Crippen molar-refractivity contribution in [3.05, 3.63) is 31.2 Å². The van der Waals surface area contributed by atoms with E-state index in [1.165, 1.54) is 43.2 Å². The van der Waals surface area contributed by atoms with Gasteiger partial charge in [0.15, 0.2) is 0 Å². The number of fused-ring (bicyclic) bond motifs is 7. The van der Waals surface area contributed by atoms with E-state index in [4.69, 9.17) is 46.4 Å². The molecule has 112 valence electrons. The van der Waals surface area contributed by atoms with Crippen LogP contribution < -0.4 is 0 Å². The second-order valence-corrected chi connectivity index (χ2v) is 8.87. The van der Waals surface area contributed by atoms with Gasteiger partial charge in [0.2, 0.25) is 0 Å². The molecule has 4 heteroatoms. The van der Waals surface area contributed by atoms with Crippen LogP contribution in [0.5, 0.6) is 0 Å². The molecule has 0 saturated heterocycles. The van der Waals surface area contributed by atoms with Crippen molar-refractivity contribution in [1.29, 1.82) is 0 Å². The van der Waals surface area contributed by atoms with Gasteiger partial charge in [-0.05, 0) is 78.7 Å². The maximum Gasteiger partial charge on any atom is 0.0796 e. The van der Waals surface area contributed by atoms with Crippen LogP contribution >= 0.6 is 46.4 Å². The van der Waals surface area contributed by atoms with E-state index in [2.05, 4.69) is 0 Å². The molecule has 0 heterocycles. The lowest BCUT2D eigenvalue weighted by Crippen LogP contribution is -2.42. The zero-order valence-corrected chi connectivity index (χ0v) is 14.5. The molecule has 4 bridgehead atoms. The largest absolute Gasteiger partial charge is 0.0823 e. The van der Waals surface area contributed by atoms with E-state index >= 15 is 0 Å². The van der Waals surface area contributed by atoms with Crippen LogP contribution in [0, 0.1) is 23.7 Å². The molecule has 4 atom stereocenters. The highest BCUT2D eigenvalue weighted by Crippen LogP contribution is 2.71. The van der Waals surface area contributed by atoms with E-state index in [0.29, 0.717) is 31.9 Å². The minimum absolute atomic E-state index is 0.451. The van der Waals surface area contributed by atoms with Gasteiger partial charge in [0.05, 0.1) is 20.1 Å². The lowest BCUT2D eigenvalue weighted by molar-refractivity contribution is 0.0247. The molecule has 6 rings (SSSR count). The first-order chi connectivity index (χ1) is 10.1. The van der Waals surface area contributed by atoms with E-state index in [0.717, 1.165) is 23.7 Å². The fraction of sp³-hybridized carbons (Fsp3) is 0.647. The fourth-order valence-corrected chi connectivity index (χ4v) is 7.50. The molecule has 0 aliphatic heterocycles. The molecule has 0 spiro atoms. The van der Waals surface area contributed by atoms with E-state index < -0.39 is 0 Å². The molecule has 21 heavy (non-hydrogen) atoms. The van der Waals surface area contributed by atoms with Crippen molar-refractivity contribution >= 4 is 46.4 Å². The van der Waals surface area contributed by atoms with Crippen molar-refractivity contribution < 1.29 is 0 Å². The van der Waals surface area contributed by atoms with E-state index in [9.17, 15) is 0 Å². The van der Waals surface area contributed by atoms with Crippen LogP contribution in [0.25, 0.3) is 0 Å². The molecule has 5 aliphatic rings. The molecular formula is C17H16Cl4. The highest BCUT2D eigenvalue weighted by atomic mass is 35.5. The summed E-state index contributed by atoms with van der Waals surface area (Å²) in [6, 6.07) is 0. The number of rotatable bonds is 0. The van der Waals surface area contributed by atoms with Gasteiger partial charge in [-0.15, -0.1) is 0 Å². The van der Waals surface area contributed by atoms with Gasteiger partial charge in [0.25, 0.3) is 0 Å². The van der Waals surface area contributed by atoms with E-state index in [1.54, 1.807) is 0 Å². The summed E-state index contributed by atoms with van der Waals surface area (Å²) in [5.41, 5.74) is 2.49. The van der Waals surface area contributed by atoms with E-state index in [1.807, 2.05) is 0 Å². The first-order valence-electron chi connectivity index (χ1n) is 7.95. The molecule has 4 fully saturated rings. The summed E-state index contributed by atoms with van der Waals surface area (Å²) in [5, 5.41) is 2.25. The predicted octanol–water partition coefficient (Wildman–Crippen LogP) is 6.94. The monoisotopic (exact) mass is 360 g/mol. The van der Waals surface area contributed by atoms with Crippen LogP contribution in [-0.2, 0) is 0 Å². The summed E-state index contributed by atoms with van der Waals surface area (Å²) in [4.78, 5) is 0. The summed E-state index contributed by atoms with van der Waals surface area (Å²) in [7, 11) is 0. The highest BCUT2D eigenvalue weighted by molar-refractivity contribution is 6.52. The van der Waals surface area contributed by atoms with Crippen LogP contribution in [0.1, 0.15) is 55.1 Å².